The van der Waals surface area contributed by atoms with Gasteiger partial charge in [0.2, 0.25) is 0 Å². The van der Waals surface area contributed by atoms with E-state index in [1.54, 1.807) is 0 Å². The van der Waals surface area contributed by atoms with Crippen LogP contribution in [0.1, 0.15) is 0 Å². The minimum atomic E-state index is -4.52. The van der Waals surface area contributed by atoms with Crippen molar-refractivity contribution >= 4 is 21.2 Å². The van der Waals surface area contributed by atoms with Crippen molar-refractivity contribution < 1.29 is 46.9 Å². The van der Waals surface area contributed by atoms with E-state index in [-0.39, 0.29) is 35.1 Å². The first-order chi connectivity index (χ1) is 6.89. The molecule has 0 aliphatic rings. The van der Waals surface area contributed by atoms with Crippen molar-refractivity contribution in [1.29, 1.82) is 0 Å². The first-order valence-electron chi connectivity index (χ1n) is 3.95. The molecule has 80 valence electrons. The van der Waals surface area contributed by atoms with Crippen LogP contribution in [-0.2, 0) is 17.2 Å². The van der Waals surface area contributed by atoms with E-state index in [4.69, 9.17) is 4.42 Å². The Morgan fingerprint density at radius 2 is 2.00 bits per heavy atom. The van der Waals surface area contributed by atoms with Crippen LogP contribution in [0.4, 0.5) is 0 Å². The van der Waals surface area contributed by atoms with Crippen LogP contribution >= 0.6 is 0 Å². The van der Waals surface area contributed by atoms with E-state index >= 15 is 0 Å². The van der Waals surface area contributed by atoms with E-state index in [0.717, 1.165) is 12.1 Å². The molecule has 0 N–H and O–H groups in total. The molecule has 0 radical (unpaired) electrons. The van der Waals surface area contributed by atoms with Gasteiger partial charge in [-0.15, -0.1) is 0 Å². The van der Waals surface area contributed by atoms with Crippen molar-refractivity contribution in [2.75, 3.05) is 0 Å². The Balaban J connectivity index is 0.00000128. The Kier molecular flexibility index (Phi) is 3.65. The zero-order valence-electron chi connectivity index (χ0n) is 8.63. The zero-order valence-corrected chi connectivity index (χ0v) is 11.4. The summed E-state index contributed by atoms with van der Waals surface area (Å²) in [5.41, 5.74) is 0.520. The summed E-state index contributed by atoms with van der Waals surface area (Å²) in [4.78, 5) is 10.7. The molecule has 6 nitrogen and oxygen atoms in total. The van der Waals surface area contributed by atoms with Crippen molar-refractivity contribution in [3.63, 3.8) is 0 Å². The summed E-state index contributed by atoms with van der Waals surface area (Å²) < 4.78 is 38.0. The third kappa shape index (κ3) is 2.23. The summed E-state index contributed by atoms with van der Waals surface area (Å²) in [7, 11) is -3.03. The van der Waals surface area contributed by atoms with Gasteiger partial charge in [-0.2, -0.15) is 0 Å². The molecule has 0 fully saturated rings. The second-order valence-electron chi connectivity index (χ2n) is 3.01. The Morgan fingerprint density at radius 3 is 2.56 bits per heavy atom. The van der Waals surface area contributed by atoms with Gasteiger partial charge in [0, 0.05) is 13.1 Å². The van der Waals surface area contributed by atoms with Gasteiger partial charge in [0.25, 0.3) is 0 Å². The van der Waals surface area contributed by atoms with Crippen molar-refractivity contribution in [2.45, 2.75) is 4.90 Å². The van der Waals surface area contributed by atoms with Crippen LogP contribution in [0.15, 0.2) is 32.3 Å². The van der Waals surface area contributed by atoms with Crippen molar-refractivity contribution in [2.24, 2.45) is 7.05 Å². The molecule has 0 aliphatic carbocycles. The molecular weight excluding hydrogens is 245 g/mol. The van der Waals surface area contributed by atoms with Crippen LogP contribution in [-0.4, -0.2) is 17.5 Å². The second kappa shape index (κ2) is 4.34. The molecule has 16 heavy (non-hydrogen) atoms. The van der Waals surface area contributed by atoms with E-state index in [9.17, 15) is 17.8 Å². The SMILES string of the molecule is Cn1c(=O)oc2cc(S(=O)(=O)[O-])ccc21.[Na+]. The first kappa shape index (κ1) is 13.5. The van der Waals surface area contributed by atoms with Crippen LogP contribution in [0.5, 0.6) is 0 Å². The summed E-state index contributed by atoms with van der Waals surface area (Å²) in [5, 5.41) is 0. The predicted molar refractivity (Wildman–Crippen MR) is 49.4 cm³/mol. The number of oxazole rings is 1. The van der Waals surface area contributed by atoms with Crippen LogP contribution in [0.3, 0.4) is 0 Å². The molecule has 0 saturated heterocycles. The first-order valence-corrected chi connectivity index (χ1v) is 5.36. The van der Waals surface area contributed by atoms with Crippen LogP contribution < -0.4 is 35.3 Å². The van der Waals surface area contributed by atoms with Gasteiger partial charge in [0.15, 0.2) is 5.58 Å². The number of nitrogens with zero attached hydrogens (tertiary/aromatic N) is 1. The fraction of sp³-hybridized carbons (Fsp3) is 0.125. The number of hydrogen-bond acceptors (Lipinski definition) is 5. The quantitative estimate of drug-likeness (QED) is 0.399. The van der Waals surface area contributed by atoms with Crippen LogP contribution in [0.2, 0.25) is 0 Å². The molecule has 2 rings (SSSR count). The zero-order chi connectivity index (χ0) is 11.2. The van der Waals surface area contributed by atoms with Crippen LogP contribution in [0.25, 0.3) is 11.1 Å². The number of aromatic nitrogens is 1. The monoisotopic (exact) mass is 251 g/mol. The van der Waals surface area contributed by atoms with Crippen molar-refractivity contribution in [3.8, 4) is 0 Å². The largest absolute Gasteiger partial charge is 1.00 e. The minimum Gasteiger partial charge on any atom is -0.744 e. The van der Waals surface area contributed by atoms with Gasteiger partial charge < -0.3 is 8.97 Å². The van der Waals surface area contributed by atoms with Gasteiger partial charge >= 0.3 is 35.3 Å². The molecule has 8 heteroatoms. The molecule has 1 aromatic carbocycles. The van der Waals surface area contributed by atoms with Gasteiger partial charge in [0.05, 0.1) is 10.4 Å². The molecular formula is C8H6NNaO5S. The maximum absolute atomic E-state index is 11.1. The van der Waals surface area contributed by atoms with Crippen LogP contribution in [0, 0.1) is 0 Å². The molecule has 0 bridgehead atoms. The van der Waals surface area contributed by atoms with Gasteiger partial charge in [-0.25, -0.2) is 13.2 Å². The smallest absolute Gasteiger partial charge is 0.744 e. The third-order valence-electron chi connectivity index (χ3n) is 2.05. The van der Waals surface area contributed by atoms with E-state index < -0.39 is 20.8 Å². The minimum absolute atomic E-state index is 0. The molecule has 0 amide bonds. The van der Waals surface area contributed by atoms with Gasteiger partial charge in [-0.3, -0.25) is 4.57 Å². The normalized spacial score (nSPS) is 11.4. The van der Waals surface area contributed by atoms with E-state index in [2.05, 4.69) is 0 Å². The average Bonchev–Trinajstić information content (AvgIpc) is 2.41. The summed E-state index contributed by atoms with van der Waals surface area (Å²) in [5.74, 6) is -0.606. The summed E-state index contributed by atoms with van der Waals surface area (Å²) in [6, 6.07) is 3.53. The molecule has 1 aromatic heterocycles. The molecule has 1 heterocycles. The summed E-state index contributed by atoms with van der Waals surface area (Å²) >= 11 is 0. The summed E-state index contributed by atoms with van der Waals surface area (Å²) in [6.45, 7) is 0. The standard InChI is InChI=1S/C8H7NO5S.Na/c1-9-6-3-2-5(15(11,12)13)4-7(6)14-8(9)10;/h2-4H,1H3,(H,11,12,13);/q;+1/p-1. The van der Waals surface area contributed by atoms with Crippen molar-refractivity contribution in [1.82, 2.24) is 4.57 Å². The van der Waals surface area contributed by atoms with E-state index in [1.807, 2.05) is 0 Å². The predicted octanol–water partition coefficient (Wildman–Crippen LogP) is -2.96. The third-order valence-corrected chi connectivity index (χ3v) is 2.88. The number of benzene rings is 1. The fourth-order valence-electron chi connectivity index (χ4n) is 1.27. The maximum Gasteiger partial charge on any atom is 1.00 e. The number of rotatable bonds is 1. The molecule has 2 aromatic rings. The number of fused-ring (bicyclic) bond motifs is 1. The summed E-state index contributed by atoms with van der Waals surface area (Å²) in [6.07, 6.45) is 0. The fourth-order valence-corrected chi connectivity index (χ4v) is 1.76. The Morgan fingerprint density at radius 1 is 1.38 bits per heavy atom. The number of hydrogen-bond donors (Lipinski definition) is 0. The average molecular weight is 251 g/mol. The second-order valence-corrected chi connectivity index (χ2v) is 4.39. The Labute approximate surface area is 113 Å². The van der Waals surface area contributed by atoms with Gasteiger partial charge in [-0.1, -0.05) is 0 Å². The van der Waals surface area contributed by atoms with Gasteiger partial charge in [0.1, 0.15) is 10.1 Å². The molecule has 0 atom stereocenters. The molecule has 0 spiro atoms. The van der Waals surface area contributed by atoms with E-state index in [1.165, 1.54) is 17.7 Å². The topological polar surface area (TPSA) is 92.3 Å². The Bertz CT molecular complexity index is 684. The number of aryl methyl sites for hydroxylation is 1. The Hall–Kier alpha value is -0.600. The van der Waals surface area contributed by atoms with E-state index in [0.29, 0.717) is 5.52 Å². The van der Waals surface area contributed by atoms with Crippen molar-refractivity contribution in [3.05, 3.63) is 28.7 Å². The molecule has 0 unspecified atom stereocenters. The van der Waals surface area contributed by atoms with Gasteiger partial charge in [-0.05, 0) is 12.1 Å². The molecule has 0 saturated carbocycles. The maximum atomic E-state index is 11.1. The molecule has 0 aliphatic heterocycles.